The summed E-state index contributed by atoms with van der Waals surface area (Å²) >= 11 is 0. The zero-order valence-electron chi connectivity index (χ0n) is 7.55. The molecule has 1 saturated carbocycles. The molecule has 0 spiro atoms. The van der Waals surface area contributed by atoms with Gasteiger partial charge in [0, 0.05) is 6.42 Å². The van der Waals surface area contributed by atoms with E-state index in [1.807, 2.05) is 0 Å². The van der Waals surface area contributed by atoms with Crippen LogP contribution >= 0.6 is 0 Å². The average Bonchev–Trinajstić information content (AvgIpc) is 2.39. The molecule has 1 aliphatic rings. The Bertz CT molecular complexity index is 172. The Kier molecular flexibility index (Phi) is 2.06. The Morgan fingerprint density at radius 2 is 2.18 bits per heavy atom. The SMILES string of the molecule is CC(N)C(=O)CC1CC1(C)C. The minimum Gasteiger partial charge on any atom is -0.322 e. The van der Waals surface area contributed by atoms with E-state index in [0.29, 0.717) is 17.8 Å². The molecule has 0 aromatic heterocycles. The van der Waals surface area contributed by atoms with E-state index in [1.54, 1.807) is 6.92 Å². The monoisotopic (exact) mass is 155 g/mol. The highest BCUT2D eigenvalue weighted by Gasteiger charge is 2.46. The molecular weight excluding hydrogens is 138 g/mol. The van der Waals surface area contributed by atoms with Crippen molar-refractivity contribution in [3.05, 3.63) is 0 Å². The fraction of sp³-hybridized carbons (Fsp3) is 0.889. The van der Waals surface area contributed by atoms with E-state index < -0.39 is 0 Å². The fourth-order valence-electron chi connectivity index (χ4n) is 1.35. The van der Waals surface area contributed by atoms with Gasteiger partial charge in [-0.3, -0.25) is 4.79 Å². The normalized spacial score (nSPS) is 29.6. The van der Waals surface area contributed by atoms with Crippen LogP contribution in [0.3, 0.4) is 0 Å². The van der Waals surface area contributed by atoms with Gasteiger partial charge in [0.15, 0.2) is 0 Å². The number of rotatable bonds is 3. The van der Waals surface area contributed by atoms with Gasteiger partial charge in [0.05, 0.1) is 6.04 Å². The van der Waals surface area contributed by atoms with E-state index in [0.717, 1.165) is 0 Å². The Morgan fingerprint density at radius 1 is 1.73 bits per heavy atom. The smallest absolute Gasteiger partial charge is 0.149 e. The van der Waals surface area contributed by atoms with E-state index in [-0.39, 0.29) is 11.8 Å². The molecule has 2 atom stereocenters. The lowest BCUT2D eigenvalue weighted by Gasteiger charge is -2.04. The Hall–Kier alpha value is -0.370. The third kappa shape index (κ3) is 2.03. The van der Waals surface area contributed by atoms with Crippen molar-refractivity contribution >= 4 is 5.78 Å². The molecule has 0 aliphatic heterocycles. The predicted molar refractivity (Wildman–Crippen MR) is 45.2 cm³/mol. The van der Waals surface area contributed by atoms with Crippen LogP contribution in [0.4, 0.5) is 0 Å². The largest absolute Gasteiger partial charge is 0.322 e. The van der Waals surface area contributed by atoms with Gasteiger partial charge >= 0.3 is 0 Å². The van der Waals surface area contributed by atoms with E-state index >= 15 is 0 Å². The van der Waals surface area contributed by atoms with Gasteiger partial charge in [-0.05, 0) is 24.7 Å². The molecule has 2 N–H and O–H groups in total. The van der Waals surface area contributed by atoms with Gasteiger partial charge in [-0.25, -0.2) is 0 Å². The minimum absolute atomic E-state index is 0.209. The molecule has 2 heteroatoms. The Morgan fingerprint density at radius 3 is 2.45 bits per heavy atom. The molecule has 1 fully saturated rings. The number of carbonyl (C=O) groups is 1. The number of hydrogen-bond acceptors (Lipinski definition) is 2. The minimum atomic E-state index is -0.272. The first kappa shape index (κ1) is 8.72. The molecule has 2 nitrogen and oxygen atoms in total. The van der Waals surface area contributed by atoms with Crippen molar-refractivity contribution in [3.8, 4) is 0 Å². The van der Waals surface area contributed by atoms with Gasteiger partial charge in [-0.15, -0.1) is 0 Å². The second-order valence-electron chi connectivity index (χ2n) is 4.35. The average molecular weight is 155 g/mol. The van der Waals surface area contributed by atoms with Crippen molar-refractivity contribution in [2.45, 2.75) is 39.7 Å². The number of ketones is 1. The van der Waals surface area contributed by atoms with E-state index in [9.17, 15) is 4.79 Å². The van der Waals surface area contributed by atoms with Crippen LogP contribution in [0.5, 0.6) is 0 Å². The molecule has 0 aromatic carbocycles. The van der Waals surface area contributed by atoms with Crippen molar-refractivity contribution in [3.63, 3.8) is 0 Å². The molecule has 0 aromatic rings. The highest BCUT2D eigenvalue weighted by molar-refractivity contribution is 5.83. The standard InChI is InChI=1S/C9H17NO/c1-6(10)8(11)4-7-5-9(7,2)3/h6-7H,4-5,10H2,1-3H3. The molecule has 0 bridgehead atoms. The number of hydrogen-bond donors (Lipinski definition) is 1. The van der Waals surface area contributed by atoms with Crippen molar-refractivity contribution in [2.75, 3.05) is 0 Å². The summed E-state index contributed by atoms with van der Waals surface area (Å²) < 4.78 is 0. The summed E-state index contributed by atoms with van der Waals surface area (Å²) in [6, 6.07) is -0.272. The van der Waals surface area contributed by atoms with Gasteiger partial charge < -0.3 is 5.73 Å². The molecule has 0 saturated heterocycles. The maximum absolute atomic E-state index is 11.2. The predicted octanol–water partition coefficient (Wildman–Crippen LogP) is 1.34. The summed E-state index contributed by atoms with van der Waals surface area (Å²) in [4.78, 5) is 11.2. The molecular formula is C9H17NO. The summed E-state index contributed by atoms with van der Waals surface area (Å²) in [5.41, 5.74) is 5.86. The van der Waals surface area contributed by atoms with Gasteiger partial charge in [0.25, 0.3) is 0 Å². The van der Waals surface area contributed by atoms with Crippen LogP contribution in [-0.4, -0.2) is 11.8 Å². The van der Waals surface area contributed by atoms with Crippen LogP contribution in [0.1, 0.15) is 33.6 Å². The summed E-state index contributed by atoms with van der Waals surface area (Å²) in [6.45, 7) is 6.16. The Labute approximate surface area is 68.2 Å². The third-order valence-electron chi connectivity index (χ3n) is 2.67. The lowest BCUT2D eigenvalue weighted by atomic mass is 10.0. The van der Waals surface area contributed by atoms with Crippen LogP contribution < -0.4 is 5.73 Å². The maximum Gasteiger partial charge on any atom is 0.149 e. The zero-order chi connectivity index (χ0) is 8.65. The zero-order valence-corrected chi connectivity index (χ0v) is 7.55. The molecule has 1 rings (SSSR count). The van der Waals surface area contributed by atoms with E-state index in [2.05, 4.69) is 13.8 Å². The second kappa shape index (κ2) is 2.59. The molecule has 0 heterocycles. The van der Waals surface area contributed by atoms with Crippen molar-refractivity contribution in [1.29, 1.82) is 0 Å². The molecule has 11 heavy (non-hydrogen) atoms. The lowest BCUT2D eigenvalue weighted by Crippen LogP contribution is -2.27. The van der Waals surface area contributed by atoms with E-state index in [4.69, 9.17) is 5.73 Å². The number of nitrogens with two attached hydrogens (primary N) is 1. The summed E-state index contributed by atoms with van der Waals surface area (Å²) in [5, 5.41) is 0. The van der Waals surface area contributed by atoms with Crippen molar-refractivity contribution < 1.29 is 4.79 Å². The lowest BCUT2D eigenvalue weighted by molar-refractivity contribution is -0.120. The molecule has 64 valence electrons. The molecule has 0 radical (unpaired) electrons. The Balaban J connectivity index is 2.29. The van der Waals surface area contributed by atoms with Crippen molar-refractivity contribution in [1.82, 2.24) is 0 Å². The summed E-state index contributed by atoms with van der Waals surface area (Å²) in [7, 11) is 0. The first-order valence-corrected chi connectivity index (χ1v) is 4.22. The topological polar surface area (TPSA) is 43.1 Å². The van der Waals surface area contributed by atoms with Crippen LogP contribution in [-0.2, 0) is 4.79 Å². The van der Waals surface area contributed by atoms with Gasteiger partial charge in [0.2, 0.25) is 0 Å². The van der Waals surface area contributed by atoms with Crippen LogP contribution in [0.25, 0.3) is 0 Å². The van der Waals surface area contributed by atoms with Crippen molar-refractivity contribution in [2.24, 2.45) is 17.1 Å². The summed E-state index contributed by atoms with van der Waals surface area (Å²) in [5.74, 6) is 0.807. The quantitative estimate of drug-likeness (QED) is 0.668. The number of Topliss-reactive ketones (excluding diaryl/α,β-unsaturated/α-hetero) is 1. The molecule has 1 aliphatic carbocycles. The second-order valence-corrected chi connectivity index (χ2v) is 4.35. The maximum atomic E-state index is 11.2. The first-order chi connectivity index (χ1) is 4.93. The van der Waals surface area contributed by atoms with Crippen LogP contribution in [0.15, 0.2) is 0 Å². The van der Waals surface area contributed by atoms with E-state index in [1.165, 1.54) is 6.42 Å². The highest BCUT2D eigenvalue weighted by Crippen LogP contribution is 2.53. The van der Waals surface area contributed by atoms with Gasteiger partial charge in [-0.1, -0.05) is 13.8 Å². The third-order valence-corrected chi connectivity index (χ3v) is 2.67. The van der Waals surface area contributed by atoms with Crippen LogP contribution in [0, 0.1) is 11.3 Å². The first-order valence-electron chi connectivity index (χ1n) is 4.22. The van der Waals surface area contributed by atoms with Crippen LogP contribution in [0.2, 0.25) is 0 Å². The fourth-order valence-corrected chi connectivity index (χ4v) is 1.35. The van der Waals surface area contributed by atoms with Gasteiger partial charge in [-0.2, -0.15) is 0 Å². The van der Waals surface area contributed by atoms with Gasteiger partial charge in [0.1, 0.15) is 5.78 Å². The molecule has 2 unspecified atom stereocenters. The highest BCUT2D eigenvalue weighted by atomic mass is 16.1. The molecule has 0 amide bonds. The number of carbonyl (C=O) groups excluding carboxylic acids is 1. The summed E-state index contributed by atoms with van der Waals surface area (Å²) in [6.07, 6.45) is 1.87.